The van der Waals surface area contributed by atoms with E-state index in [1.807, 2.05) is 0 Å². The molecule has 4 nitrogen and oxygen atoms in total. The molecule has 0 fully saturated rings. The normalized spacial score (nSPS) is 10.9. The van der Waals surface area contributed by atoms with Crippen LogP contribution in [0, 0.1) is 17.5 Å². The maximum atomic E-state index is 14.0. The monoisotopic (exact) mass is 335 g/mol. The van der Waals surface area contributed by atoms with Gasteiger partial charge in [-0.15, -0.1) is 0 Å². The second-order valence-corrected chi connectivity index (χ2v) is 4.98. The molecule has 0 spiro atoms. The Morgan fingerprint density at radius 1 is 1.08 bits per heavy atom. The number of hydrogen-bond donors (Lipinski definition) is 1. The van der Waals surface area contributed by atoms with Gasteiger partial charge < -0.3 is 14.4 Å². The molecule has 2 aromatic carbocycles. The highest BCUT2D eigenvalue weighted by Crippen LogP contribution is 2.35. The molecule has 1 aromatic heterocycles. The number of halogens is 3. The summed E-state index contributed by atoms with van der Waals surface area (Å²) >= 11 is 0. The van der Waals surface area contributed by atoms with Crippen LogP contribution in [-0.2, 0) is 6.61 Å². The lowest BCUT2D eigenvalue weighted by Crippen LogP contribution is -1.94. The van der Waals surface area contributed by atoms with E-state index in [4.69, 9.17) is 9.26 Å². The van der Waals surface area contributed by atoms with E-state index in [-0.39, 0.29) is 22.6 Å². The average Bonchev–Trinajstić information content (AvgIpc) is 3.01. The van der Waals surface area contributed by atoms with Gasteiger partial charge in [-0.1, -0.05) is 17.3 Å². The van der Waals surface area contributed by atoms with Gasteiger partial charge in [-0.3, -0.25) is 0 Å². The quantitative estimate of drug-likeness (QED) is 0.734. The van der Waals surface area contributed by atoms with E-state index in [1.165, 1.54) is 7.11 Å². The Labute approximate surface area is 135 Å². The standard InChI is InChI=1S/C17H12F3NO3/c1-23-10-4-2-3-9(5-10)16-12(8-22)17(24-21-16)11-6-14(19)15(20)7-13(11)18/h2-7,22H,8H2,1H3. The zero-order chi connectivity index (χ0) is 17.3. The predicted molar refractivity (Wildman–Crippen MR) is 79.7 cm³/mol. The lowest BCUT2D eigenvalue weighted by molar-refractivity contribution is 0.281. The Kier molecular flexibility index (Phi) is 4.26. The molecule has 24 heavy (non-hydrogen) atoms. The van der Waals surface area contributed by atoms with Crippen molar-refractivity contribution in [2.45, 2.75) is 6.61 Å². The summed E-state index contributed by atoms with van der Waals surface area (Å²) in [4.78, 5) is 0. The maximum Gasteiger partial charge on any atom is 0.176 e. The number of nitrogens with zero attached hydrogens (tertiary/aromatic N) is 1. The fourth-order valence-electron chi connectivity index (χ4n) is 2.36. The largest absolute Gasteiger partial charge is 0.497 e. The maximum absolute atomic E-state index is 14.0. The van der Waals surface area contributed by atoms with Crippen LogP contribution in [0.4, 0.5) is 13.2 Å². The molecule has 0 atom stereocenters. The molecule has 0 amide bonds. The molecule has 0 aliphatic heterocycles. The van der Waals surface area contributed by atoms with Gasteiger partial charge in [-0.05, 0) is 18.2 Å². The van der Waals surface area contributed by atoms with Crippen LogP contribution in [0.2, 0.25) is 0 Å². The van der Waals surface area contributed by atoms with Crippen molar-refractivity contribution in [1.29, 1.82) is 0 Å². The summed E-state index contributed by atoms with van der Waals surface area (Å²) in [5, 5.41) is 13.5. The summed E-state index contributed by atoms with van der Waals surface area (Å²) in [5.41, 5.74) is 0.666. The van der Waals surface area contributed by atoms with Crippen LogP contribution in [0.15, 0.2) is 40.9 Å². The summed E-state index contributed by atoms with van der Waals surface area (Å²) in [5.74, 6) is -3.16. The van der Waals surface area contributed by atoms with Gasteiger partial charge in [-0.2, -0.15) is 0 Å². The number of aliphatic hydroxyl groups excluding tert-OH is 1. The Balaban J connectivity index is 2.15. The first-order valence-corrected chi connectivity index (χ1v) is 6.94. The van der Waals surface area contributed by atoms with Crippen molar-refractivity contribution in [3.63, 3.8) is 0 Å². The van der Waals surface area contributed by atoms with Crippen molar-refractivity contribution in [2.75, 3.05) is 7.11 Å². The van der Waals surface area contributed by atoms with E-state index in [9.17, 15) is 18.3 Å². The molecular formula is C17H12F3NO3. The third-order valence-electron chi connectivity index (χ3n) is 3.54. The lowest BCUT2D eigenvalue weighted by atomic mass is 10.0. The van der Waals surface area contributed by atoms with Crippen LogP contribution < -0.4 is 4.74 Å². The highest BCUT2D eigenvalue weighted by atomic mass is 19.2. The summed E-state index contributed by atoms with van der Waals surface area (Å²) in [6, 6.07) is 7.87. The SMILES string of the molecule is COc1cccc(-c2noc(-c3cc(F)c(F)cc3F)c2CO)c1. The summed E-state index contributed by atoms with van der Waals surface area (Å²) in [6.07, 6.45) is 0. The first kappa shape index (κ1) is 16.1. The molecule has 0 saturated carbocycles. The first-order valence-electron chi connectivity index (χ1n) is 6.94. The molecule has 0 aliphatic rings. The Morgan fingerprint density at radius 3 is 2.54 bits per heavy atom. The summed E-state index contributed by atoms with van der Waals surface area (Å²) < 4.78 is 50.7. The summed E-state index contributed by atoms with van der Waals surface area (Å²) in [6.45, 7) is -0.524. The molecule has 0 bridgehead atoms. The van der Waals surface area contributed by atoms with E-state index in [0.717, 1.165) is 0 Å². The third-order valence-corrected chi connectivity index (χ3v) is 3.54. The topological polar surface area (TPSA) is 55.5 Å². The van der Waals surface area contributed by atoms with E-state index >= 15 is 0 Å². The number of benzene rings is 2. The molecule has 0 unspecified atom stereocenters. The molecule has 7 heteroatoms. The number of hydrogen-bond acceptors (Lipinski definition) is 4. The minimum atomic E-state index is -1.31. The van der Waals surface area contributed by atoms with Crippen molar-refractivity contribution in [2.24, 2.45) is 0 Å². The Bertz CT molecular complexity index is 893. The molecule has 1 heterocycles. The van der Waals surface area contributed by atoms with Crippen LogP contribution >= 0.6 is 0 Å². The van der Waals surface area contributed by atoms with Crippen LogP contribution in [0.3, 0.4) is 0 Å². The number of aromatic nitrogens is 1. The Morgan fingerprint density at radius 2 is 1.83 bits per heavy atom. The van der Waals surface area contributed by atoms with Gasteiger partial charge >= 0.3 is 0 Å². The minimum Gasteiger partial charge on any atom is -0.497 e. The first-order chi connectivity index (χ1) is 11.5. The lowest BCUT2D eigenvalue weighted by Gasteiger charge is -2.05. The molecule has 0 saturated heterocycles. The third kappa shape index (κ3) is 2.74. The van der Waals surface area contributed by atoms with Crippen molar-refractivity contribution >= 4 is 0 Å². The number of methoxy groups -OCH3 is 1. The number of rotatable bonds is 4. The highest BCUT2D eigenvalue weighted by Gasteiger charge is 2.22. The van der Waals surface area contributed by atoms with Crippen molar-refractivity contribution in [3.8, 4) is 28.3 Å². The molecule has 3 aromatic rings. The fourth-order valence-corrected chi connectivity index (χ4v) is 2.36. The van der Waals surface area contributed by atoms with E-state index < -0.39 is 24.1 Å². The van der Waals surface area contributed by atoms with Crippen molar-refractivity contribution in [3.05, 3.63) is 59.4 Å². The van der Waals surface area contributed by atoms with Gasteiger partial charge in [0.15, 0.2) is 17.4 Å². The molecule has 3 rings (SSSR count). The van der Waals surface area contributed by atoms with Crippen molar-refractivity contribution < 1.29 is 27.5 Å². The van der Waals surface area contributed by atoms with E-state index in [2.05, 4.69) is 5.16 Å². The fraction of sp³-hybridized carbons (Fsp3) is 0.118. The minimum absolute atomic E-state index is 0.160. The van der Waals surface area contributed by atoms with Gasteiger partial charge in [0.25, 0.3) is 0 Å². The molecule has 0 radical (unpaired) electrons. The zero-order valence-corrected chi connectivity index (χ0v) is 12.5. The van der Waals surface area contributed by atoms with Gasteiger partial charge in [0, 0.05) is 11.6 Å². The van der Waals surface area contributed by atoms with Crippen LogP contribution in [0.5, 0.6) is 5.75 Å². The molecular weight excluding hydrogens is 323 g/mol. The second-order valence-electron chi connectivity index (χ2n) is 4.98. The van der Waals surface area contributed by atoms with E-state index in [1.54, 1.807) is 24.3 Å². The Hall–Kier alpha value is -2.80. The van der Waals surface area contributed by atoms with E-state index in [0.29, 0.717) is 23.4 Å². The number of ether oxygens (including phenoxy) is 1. The van der Waals surface area contributed by atoms with Crippen LogP contribution in [-0.4, -0.2) is 17.4 Å². The second kappa shape index (κ2) is 6.37. The average molecular weight is 335 g/mol. The van der Waals surface area contributed by atoms with Gasteiger partial charge in [0.1, 0.15) is 17.3 Å². The predicted octanol–water partition coefficient (Wildman–Crippen LogP) is 3.93. The van der Waals surface area contributed by atoms with Gasteiger partial charge in [0.2, 0.25) is 0 Å². The van der Waals surface area contributed by atoms with Crippen LogP contribution in [0.25, 0.3) is 22.6 Å². The summed E-state index contributed by atoms with van der Waals surface area (Å²) in [7, 11) is 1.50. The van der Waals surface area contributed by atoms with Gasteiger partial charge in [-0.25, -0.2) is 13.2 Å². The molecule has 0 aliphatic carbocycles. The number of aliphatic hydroxyl groups is 1. The zero-order valence-electron chi connectivity index (χ0n) is 12.5. The van der Waals surface area contributed by atoms with Gasteiger partial charge in [0.05, 0.1) is 24.8 Å². The molecule has 124 valence electrons. The molecule has 1 N–H and O–H groups in total. The smallest absolute Gasteiger partial charge is 0.176 e. The van der Waals surface area contributed by atoms with Crippen LogP contribution in [0.1, 0.15) is 5.56 Å². The van der Waals surface area contributed by atoms with Crippen molar-refractivity contribution in [1.82, 2.24) is 5.16 Å². The highest BCUT2D eigenvalue weighted by molar-refractivity contribution is 5.73.